The second-order valence-corrected chi connectivity index (χ2v) is 6.05. The maximum absolute atomic E-state index is 5.98. The van der Waals surface area contributed by atoms with E-state index in [1.807, 2.05) is 48.5 Å². The quantitative estimate of drug-likeness (QED) is 0.559. The fourth-order valence-electron chi connectivity index (χ4n) is 2.90. The van der Waals surface area contributed by atoms with Crippen LogP contribution >= 0.6 is 0 Å². The number of nitrogens with zero attached hydrogens (tertiary/aromatic N) is 4. The van der Waals surface area contributed by atoms with Crippen LogP contribution in [0.15, 0.2) is 48.5 Å². The van der Waals surface area contributed by atoms with Gasteiger partial charge < -0.3 is 20.9 Å². The van der Waals surface area contributed by atoms with Crippen molar-refractivity contribution in [2.24, 2.45) is 0 Å². The summed E-state index contributed by atoms with van der Waals surface area (Å²) in [6.07, 6.45) is 0. The van der Waals surface area contributed by atoms with Crippen LogP contribution in [-0.2, 0) is 0 Å². The van der Waals surface area contributed by atoms with Crippen molar-refractivity contribution >= 4 is 22.7 Å². The van der Waals surface area contributed by atoms with Crippen molar-refractivity contribution in [1.29, 1.82) is 0 Å². The Morgan fingerprint density at radius 2 is 0.964 bits per heavy atom. The maximum atomic E-state index is 5.98. The minimum atomic E-state index is 0.174. The number of methoxy groups -OCH3 is 2. The Balaban J connectivity index is 1.99. The van der Waals surface area contributed by atoms with Crippen molar-refractivity contribution in [3.8, 4) is 34.0 Å². The van der Waals surface area contributed by atoms with Crippen molar-refractivity contribution in [3.63, 3.8) is 0 Å². The number of hydrogen-bond donors (Lipinski definition) is 2. The van der Waals surface area contributed by atoms with E-state index in [0.29, 0.717) is 22.4 Å². The highest BCUT2D eigenvalue weighted by atomic mass is 16.5. The zero-order chi connectivity index (χ0) is 19.7. The summed E-state index contributed by atoms with van der Waals surface area (Å²) in [7, 11) is 3.24. The van der Waals surface area contributed by atoms with E-state index in [2.05, 4.69) is 10.2 Å². The zero-order valence-electron chi connectivity index (χ0n) is 15.4. The fourth-order valence-corrected chi connectivity index (χ4v) is 2.90. The summed E-state index contributed by atoms with van der Waals surface area (Å²) >= 11 is 0. The zero-order valence-corrected chi connectivity index (χ0v) is 15.4. The molecular weight excluding hydrogens is 356 g/mol. The van der Waals surface area contributed by atoms with Gasteiger partial charge in [0.25, 0.3) is 0 Å². The van der Waals surface area contributed by atoms with Crippen LogP contribution in [0.25, 0.3) is 33.5 Å². The first-order valence-corrected chi connectivity index (χ1v) is 8.49. The van der Waals surface area contributed by atoms with E-state index >= 15 is 0 Å². The number of rotatable bonds is 4. The molecule has 0 amide bonds. The topological polar surface area (TPSA) is 122 Å². The third kappa shape index (κ3) is 3.01. The molecule has 0 spiro atoms. The van der Waals surface area contributed by atoms with E-state index in [-0.39, 0.29) is 11.6 Å². The number of hydrogen-bond acceptors (Lipinski definition) is 8. The molecule has 0 radical (unpaired) electrons. The molecule has 4 N–H and O–H groups in total. The summed E-state index contributed by atoms with van der Waals surface area (Å²) in [5.41, 5.74) is 15.8. The van der Waals surface area contributed by atoms with Gasteiger partial charge in [0.2, 0.25) is 0 Å². The van der Waals surface area contributed by atoms with E-state index < -0.39 is 0 Å². The average Bonchev–Trinajstić information content (AvgIpc) is 2.76. The van der Waals surface area contributed by atoms with E-state index in [1.165, 1.54) is 0 Å². The average molecular weight is 374 g/mol. The third-order valence-corrected chi connectivity index (χ3v) is 4.37. The van der Waals surface area contributed by atoms with Gasteiger partial charge in [-0.05, 0) is 48.5 Å². The first-order valence-electron chi connectivity index (χ1n) is 8.49. The summed E-state index contributed by atoms with van der Waals surface area (Å²) in [6, 6.07) is 15.1. The molecule has 4 rings (SSSR count). The molecule has 0 saturated carbocycles. The third-order valence-electron chi connectivity index (χ3n) is 4.37. The smallest absolute Gasteiger partial charge is 0.174 e. The molecule has 8 heteroatoms. The first kappa shape index (κ1) is 17.5. The molecular formula is C20H18N6O2. The van der Waals surface area contributed by atoms with Crippen LogP contribution in [0.4, 0.5) is 11.6 Å². The van der Waals surface area contributed by atoms with Crippen LogP contribution in [0.2, 0.25) is 0 Å². The van der Waals surface area contributed by atoms with Gasteiger partial charge in [-0.1, -0.05) is 0 Å². The van der Waals surface area contributed by atoms with Gasteiger partial charge in [-0.3, -0.25) is 0 Å². The Morgan fingerprint density at radius 3 is 1.29 bits per heavy atom. The highest BCUT2D eigenvalue weighted by molar-refractivity contribution is 5.95. The highest BCUT2D eigenvalue weighted by Crippen LogP contribution is 2.34. The monoisotopic (exact) mass is 374 g/mol. The first-order chi connectivity index (χ1) is 13.6. The summed E-state index contributed by atoms with van der Waals surface area (Å²) in [5, 5.41) is 7.72. The predicted molar refractivity (Wildman–Crippen MR) is 108 cm³/mol. The Morgan fingerprint density at radius 1 is 0.607 bits per heavy atom. The van der Waals surface area contributed by atoms with Crippen molar-refractivity contribution in [1.82, 2.24) is 20.2 Å². The second kappa shape index (κ2) is 6.99. The highest BCUT2D eigenvalue weighted by Gasteiger charge is 2.17. The molecule has 8 nitrogen and oxygen atoms in total. The van der Waals surface area contributed by atoms with Crippen LogP contribution in [0, 0.1) is 0 Å². The number of ether oxygens (including phenoxy) is 2. The number of nitrogens with two attached hydrogens (primary N) is 2. The molecule has 0 unspecified atom stereocenters. The molecule has 2 aromatic carbocycles. The van der Waals surface area contributed by atoms with Crippen LogP contribution < -0.4 is 20.9 Å². The van der Waals surface area contributed by atoms with E-state index in [4.69, 9.17) is 30.9 Å². The lowest BCUT2D eigenvalue weighted by Crippen LogP contribution is -2.05. The second-order valence-electron chi connectivity index (χ2n) is 6.05. The van der Waals surface area contributed by atoms with Crippen LogP contribution in [-0.4, -0.2) is 34.4 Å². The van der Waals surface area contributed by atoms with Gasteiger partial charge in [0.15, 0.2) is 11.6 Å². The van der Waals surface area contributed by atoms with E-state index in [1.54, 1.807) is 14.2 Å². The lowest BCUT2D eigenvalue weighted by Gasteiger charge is -2.12. The normalized spacial score (nSPS) is 10.8. The molecule has 140 valence electrons. The van der Waals surface area contributed by atoms with Crippen LogP contribution in [0.1, 0.15) is 0 Å². The van der Waals surface area contributed by atoms with Crippen molar-refractivity contribution in [2.45, 2.75) is 0 Å². The number of fused-ring (bicyclic) bond motifs is 1. The summed E-state index contributed by atoms with van der Waals surface area (Å²) < 4.78 is 10.5. The number of nitrogen functional groups attached to an aromatic ring is 2. The van der Waals surface area contributed by atoms with Crippen LogP contribution in [0.5, 0.6) is 11.5 Å². The van der Waals surface area contributed by atoms with Gasteiger partial charge in [-0.25, -0.2) is 9.97 Å². The Kier molecular flexibility index (Phi) is 4.36. The summed E-state index contributed by atoms with van der Waals surface area (Å²) in [5.74, 6) is 1.84. The number of aromatic nitrogens is 4. The molecule has 4 aromatic rings. The van der Waals surface area contributed by atoms with E-state index in [0.717, 1.165) is 22.6 Å². The van der Waals surface area contributed by atoms with Gasteiger partial charge >= 0.3 is 0 Å². The lowest BCUT2D eigenvalue weighted by molar-refractivity contribution is 0.414. The molecule has 0 atom stereocenters. The molecule has 0 saturated heterocycles. The predicted octanol–water partition coefficient (Wildman–Crippen LogP) is 2.94. The van der Waals surface area contributed by atoms with E-state index in [9.17, 15) is 0 Å². The Bertz CT molecular complexity index is 1050. The summed E-state index contributed by atoms with van der Waals surface area (Å²) in [4.78, 5) is 9.48. The van der Waals surface area contributed by atoms with Gasteiger partial charge in [0, 0.05) is 11.1 Å². The van der Waals surface area contributed by atoms with Gasteiger partial charge in [-0.15, -0.1) is 10.2 Å². The Hall–Kier alpha value is -3.94. The van der Waals surface area contributed by atoms with Crippen molar-refractivity contribution in [3.05, 3.63) is 48.5 Å². The standard InChI is InChI=1S/C20H18N6O2/c1-27-13-7-3-11(4-8-13)15-16(12-5-9-14(28-2)10-6-12)24-18-17(23-15)19(21)25-26-20(18)22/h3-10H,1-2H3,(H2,21,25)(H2,22,26). The van der Waals surface area contributed by atoms with Crippen LogP contribution in [0.3, 0.4) is 0 Å². The Labute approximate surface area is 161 Å². The largest absolute Gasteiger partial charge is 0.497 e. The molecule has 0 fully saturated rings. The molecule has 2 aromatic heterocycles. The lowest BCUT2D eigenvalue weighted by atomic mass is 10.0. The summed E-state index contributed by atoms with van der Waals surface area (Å²) in [6.45, 7) is 0. The van der Waals surface area contributed by atoms with Gasteiger partial charge in [0.1, 0.15) is 22.5 Å². The molecule has 0 bridgehead atoms. The number of benzene rings is 2. The molecule has 0 aliphatic carbocycles. The fraction of sp³-hybridized carbons (Fsp3) is 0.100. The van der Waals surface area contributed by atoms with Gasteiger partial charge in [0.05, 0.1) is 25.6 Å². The number of anilines is 2. The van der Waals surface area contributed by atoms with Crippen molar-refractivity contribution < 1.29 is 9.47 Å². The van der Waals surface area contributed by atoms with Gasteiger partial charge in [-0.2, -0.15) is 0 Å². The molecule has 28 heavy (non-hydrogen) atoms. The maximum Gasteiger partial charge on any atom is 0.174 e. The minimum absolute atomic E-state index is 0.174. The van der Waals surface area contributed by atoms with Crippen molar-refractivity contribution in [2.75, 3.05) is 25.7 Å². The minimum Gasteiger partial charge on any atom is -0.497 e. The SMILES string of the molecule is COc1ccc(-c2nc3c(N)nnc(N)c3nc2-c2ccc(OC)cc2)cc1. The molecule has 0 aliphatic rings. The molecule has 0 aliphatic heterocycles. The molecule has 2 heterocycles.